The minimum absolute atomic E-state index is 0.0000945. The highest BCUT2D eigenvalue weighted by atomic mass is 79.9. The fourth-order valence-electron chi connectivity index (χ4n) is 2.99. The Bertz CT molecular complexity index is 1070. The molecule has 0 unspecified atom stereocenters. The lowest BCUT2D eigenvalue weighted by atomic mass is 10.2. The van der Waals surface area contributed by atoms with Gasteiger partial charge in [0.15, 0.2) is 5.16 Å². The van der Waals surface area contributed by atoms with E-state index in [9.17, 15) is 9.59 Å². The SMILES string of the molecule is CC(C)Cn1c(SCC(=O)N(C)Cc2ccccc2)nc2ccc(Br)cc2c1=O. The Labute approximate surface area is 183 Å². The molecule has 1 aromatic heterocycles. The third kappa shape index (κ3) is 5.48. The van der Waals surface area contributed by atoms with Gasteiger partial charge in [0.1, 0.15) is 0 Å². The van der Waals surface area contributed by atoms with E-state index in [-0.39, 0.29) is 23.1 Å². The summed E-state index contributed by atoms with van der Waals surface area (Å²) in [6.45, 7) is 5.23. The zero-order chi connectivity index (χ0) is 21.0. The highest BCUT2D eigenvalue weighted by molar-refractivity contribution is 9.10. The number of halogens is 1. The quantitative estimate of drug-likeness (QED) is 0.372. The molecule has 0 fully saturated rings. The lowest BCUT2D eigenvalue weighted by molar-refractivity contribution is -0.127. The smallest absolute Gasteiger partial charge is 0.262 e. The van der Waals surface area contributed by atoms with E-state index in [1.807, 2.05) is 42.5 Å². The molecule has 0 aliphatic rings. The molecule has 0 N–H and O–H groups in total. The summed E-state index contributed by atoms with van der Waals surface area (Å²) in [5.74, 6) is 0.519. The molecule has 0 bridgehead atoms. The Kier molecular flexibility index (Phi) is 7.14. The second kappa shape index (κ2) is 9.59. The van der Waals surface area contributed by atoms with Gasteiger partial charge in [-0.3, -0.25) is 14.2 Å². The topological polar surface area (TPSA) is 55.2 Å². The van der Waals surface area contributed by atoms with Crippen LogP contribution in [0, 0.1) is 5.92 Å². The Morgan fingerprint density at radius 1 is 1.21 bits per heavy atom. The minimum atomic E-state index is -0.0717. The lowest BCUT2D eigenvalue weighted by Gasteiger charge is -2.18. The molecule has 5 nitrogen and oxygen atoms in total. The first kappa shape index (κ1) is 21.6. The van der Waals surface area contributed by atoms with E-state index in [2.05, 4.69) is 34.8 Å². The number of aromatic nitrogens is 2. The van der Waals surface area contributed by atoms with Gasteiger partial charge in [-0.25, -0.2) is 4.98 Å². The van der Waals surface area contributed by atoms with E-state index in [4.69, 9.17) is 0 Å². The van der Waals surface area contributed by atoms with Gasteiger partial charge in [0.2, 0.25) is 5.91 Å². The highest BCUT2D eigenvalue weighted by Gasteiger charge is 2.16. The number of carbonyl (C=O) groups is 1. The van der Waals surface area contributed by atoms with Crippen molar-refractivity contribution in [2.75, 3.05) is 12.8 Å². The van der Waals surface area contributed by atoms with Crippen LogP contribution in [-0.2, 0) is 17.9 Å². The largest absolute Gasteiger partial charge is 0.341 e. The molecule has 0 saturated heterocycles. The molecule has 0 radical (unpaired) electrons. The van der Waals surface area contributed by atoms with Crippen molar-refractivity contribution in [3.05, 3.63) is 68.9 Å². The fourth-order valence-corrected chi connectivity index (χ4v) is 4.30. The van der Waals surface area contributed by atoms with E-state index in [0.29, 0.717) is 29.1 Å². The number of hydrogen-bond acceptors (Lipinski definition) is 4. The molecular formula is C22H24BrN3O2S. The van der Waals surface area contributed by atoms with Gasteiger partial charge >= 0.3 is 0 Å². The summed E-state index contributed by atoms with van der Waals surface area (Å²) in [4.78, 5) is 32.1. The number of carbonyl (C=O) groups excluding carboxylic acids is 1. The summed E-state index contributed by atoms with van der Waals surface area (Å²) < 4.78 is 2.53. The predicted molar refractivity (Wildman–Crippen MR) is 122 cm³/mol. The summed E-state index contributed by atoms with van der Waals surface area (Å²) in [7, 11) is 1.79. The Morgan fingerprint density at radius 3 is 2.62 bits per heavy atom. The molecule has 2 aromatic carbocycles. The summed E-state index contributed by atoms with van der Waals surface area (Å²) >= 11 is 4.74. The van der Waals surface area contributed by atoms with Crippen molar-refractivity contribution in [1.82, 2.24) is 14.5 Å². The predicted octanol–water partition coefficient (Wildman–Crippen LogP) is 4.57. The Hall–Kier alpha value is -2.12. The van der Waals surface area contributed by atoms with E-state index in [1.54, 1.807) is 22.6 Å². The first-order valence-corrected chi connectivity index (χ1v) is 11.2. The molecule has 152 valence electrons. The molecule has 3 rings (SSSR count). The van der Waals surface area contributed by atoms with Crippen LogP contribution >= 0.6 is 27.7 Å². The van der Waals surface area contributed by atoms with Crippen LogP contribution in [-0.4, -0.2) is 33.2 Å². The summed E-state index contributed by atoms with van der Waals surface area (Å²) in [6.07, 6.45) is 0. The van der Waals surface area contributed by atoms with Crippen molar-refractivity contribution >= 4 is 44.5 Å². The molecule has 0 aliphatic carbocycles. The van der Waals surface area contributed by atoms with Gasteiger partial charge in [-0.05, 0) is 29.7 Å². The number of thioether (sulfide) groups is 1. The van der Waals surface area contributed by atoms with Crippen LogP contribution < -0.4 is 5.56 Å². The monoisotopic (exact) mass is 473 g/mol. The van der Waals surface area contributed by atoms with Gasteiger partial charge in [-0.1, -0.05) is 71.9 Å². The molecule has 0 atom stereocenters. The number of hydrogen-bond donors (Lipinski definition) is 0. The Morgan fingerprint density at radius 2 is 1.93 bits per heavy atom. The van der Waals surface area contributed by atoms with Crippen molar-refractivity contribution in [2.45, 2.75) is 32.1 Å². The lowest BCUT2D eigenvalue weighted by Crippen LogP contribution is -2.29. The van der Waals surface area contributed by atoms with Gasteiger partial charge in [-0.15, -0.1) is 0 Å². The minimum Gasteiger partial charge on any atom is -0.341 e. The zero-order valence-electron chi connectivity index (χ0n) is 16.8. The number of nitrogens with zero attached hydrogens (tertiary/aromatic N) is 3. The maximum absolute atomic E-state index is 13.1. The van der Waals surface area contributed by atoms with E-state index in [1.165, 1.54) is 11.8 Å². The van der Waals surface area contributed by atoms with Crippen molar-refractivity contribution in [2.24, 2.45) is 5.92 Å². The maximum atomic E-state index is 13.1. The Balaban J connectivity index is 1.82. The summed E-state index contributed by atoms with van der Waals surface area (Å²) in [5.41, 5.74) is 1.66. The fraction of sp³-hybridized carbons (Fsp3) is 0.318. The van der Waals surface area contributed by atoms with Gasteiger partial charge in [-0.2, -0.15) is 0 Å². The van der Waals surface area contributed by atoms with E-state index < -0.39 is 0 Å². The van der Waals surface area contributed by atoms with Crippen LogP contribution in [0.2, 0.25) is 0 Å². The maximum Gasteiger partial charge on any atom is 0.262 e. The van der Waals surface area contributed by atoms with Crippen molar-refractivity contribution in [3.8, 4) is 0 Å². The van der Waals surface area contributed by atoms with Crippen LogP contribution in [0.1, 0.15) is 19.4 Å². The van der Waals surface area contributed by atoms with Crippen LogP contribution in [0.25, 0.3) is 10.9 Å². The van der Waals surface area contributed by atoms with Gasteiger partial charge in [0.25, 0.3) is 5.56 Å². The molecule has 1 amide bonds. The second-order valence-electron chi connectivity index (χ2n) is 7.39. The first-order chi connectivity index (χ1) is 13.8. The highest BCUT2D eigenvalue weighted by Crippen LogP contribution is 2.22. The number of fused-ring (bicyclic) bond motifs is 1. The molecule has 0 aliphatic heterocycles. The average Bonchev–Trinajstić information content (AvgIpc) is 2.69. The van der Waals surface area contributed by atoms with Crippen molar-refractivity contribution in [3.63, 3.8) is 0 Å². The molecule has 0 spiro atoms. The molecule has 7 heteroatoms. The second-order valence-corrected chi connectivity index (χ2v) is 9.25. The number of benzene rings is 2. The first-order valence-electron chi connectivity index (χ1n) is 9.46. The zero-order valence-corrected chi connectivity index (χ0v) is 19.2. The third-order valence-corrected chi connectivity index (χ3v) is 5.90. The molecule has 0 saturated carbocycles. The van der Waals surface area contributed by atoms with E-state index in [0.717, 1.165) is 10.0 Å². The summed E-state index contributed by atoms with van der Waals surface area (Å²) in [6, 6.07) is 15.4. The normalized spacial score (nSPS) is 11.2. The molecule has 3 aromatic rings. The van der Waals surface area contributed by atoms with Crippen LogP contribution in [0.4, 0.5) is 0 Å². The third-order valence-electron chi connectivity index (χ3n) is 4.44. The van der Waals surface area contributed by atoms with Gasteiger partial charge in [0.05, 0.1) is 16.7 Å². The van der Waals surface area contributed by atoms with Gasteiger partial charge in [0, 0.05) is 24.6 Å². The molecular weight excluding hydrogens is 450 g/mol. The van der Waals surface area contributed by atoms with Crippen LogP contribution in [0.15, 0.2) is 63.0 Å². The summed E-state index contributed by atoms with van der Waals surface area (Å²) in [5, 5.41) is 1.16. The average molecular weight is 474 g/mol. The van der Waals surface area contributed by atoms with Crippen LogP contribution in [0.5, 0.6) is 0 Å². The van der Waals surface area contributed by atoms with Gasteiger partial charge < -0.3 is 4.90 Å². The van der Waals surface area contributed by atoms with Crippen LogP contribution in [0.3, 0.4) is 0 Å². The number of rotatable bonds is 7. The standard InChI is InChI=1S/C22H24BrN3O2S/c1-15(2)12-26-21(28)18-11-17(23)9-10-19(18)24-22(26)29-14-20(27)25(3)13-16-7-5-4-6-8-16/h4-11,15H,12-14H2,1-3H3. The molecule has 1 heterocycles. The number of amides is 1. The molecule has 29 heavy (non-hydrogen) atoms. The van der Waals surface area contributed by atoms with Crippen molar-refractivity contribution in [1.29, 1.82) is 0 Å². The van der Waals surface area contributed by atoms with Crippen molar-refractivity contribution < 1.29 is 4.79 Å². The van der Waals surface area contributed by atoms with E-state index >= 15 is 0 Å².